The molecule has 5 aliphatic heterocycles. The first-order chi connectivity index (χ1) is 71.0. The Labute approximate surface area is 860 Å². The number of hydrogen-bond donors (Lipinski definition) is 0. The second kappa shape index (κ2) is 46.2. The van der Waals surface area contributed by atoms with Gasteiger partial charge in [0.15, 0.2) is 0 Å². The molecule has 5 saturated heterocycles. The molecule has 5 amide bonds. The van der Waals surface area contributed by atoms with Gasteiger partial charge >= 0.3 is 0 Å². The van der Waals surface area contributed by atoms with E-state index in [0.29, 0.717) is 30.2 Å². The summed E-state index contributed by atoms with van der Waals surface area (Å²) in [7, 11) is 9.79. The van der Waals surface area contributed by atoms with Crippen molar-refractivity contribution in [3.05, 3.63) is 301 Å². The predicted molar refractivity (Wildman–Crippen MR) is 586 cm³/mol. The predicted octanol–water partition coefficient (Wildman–Crippen LogP) is 21.3. The quantitative estimate of drug-likeness (QED) is 0.0695. The number of carbonyl (C=O) groups excluding carboxylic acids is 5. The van der Waals surface area contributed by atoms with Gasteiger partial charge in [0.1, 0.15) is 30.6 Å². The van der Waals surface area contributed by atoms with Crippen LogP contribution in [-0.2, 0) is 0 Å². The lowest BCUT2D eigenvalue weighted by atomic mass is 9.89. The number of aromatic nitrogens is 10. The highest BCUT2D eigenvalue weighted by atomic mass is 16.2. The van der Waals surface area contributed by atoms with Crippen molar-refractivity contribution in [2.24, 2.45) is 0 Å². The maximum absolute atomic E-state index is 13.2. The summed E-state index contributed by atoms with van der Waals surface area (Å²) in [4.78, 5) is 111. The fourth-order valence-corrected chi connectivity index (χ4v) is 23.3. The van der Waals surface area contributed by atoms with E-state index < -0.39 is 0 Å². The SMILES string of the molecule is CC(C)N1CCCC(N(C)C(=O)c2ccc(-n3cnc4ccccc43)cc2)C1.CN(C(=O)c1ccc(-n2cnc3ccccc32)cc1)C1CCCN(C2CCC2)C1.CN(C(=O)c1ccc(-n2cnc3ccccc32)cc1)C1CCCN(C2CCCC2)C1.Cc1nc2ccccc2n1-c1ccc(C(=O)N(C)C2CCCN(C(C)C)C2)cc1.Cc1nc2ccccc2n1-c1ccc(C(=O)N(C)C2CCCN(C3CCC3)C2)cc1. The van der Waals surface area contributed by atoms with Crippen LogP contribution in [0.25, 0.3) is 83.6 Å². The monoisotopic (exact) mass is 1960 g/mol. The van der Waals surface area contributed by atoms with Gasteiger partial charge in [-0.1, -0.05) is 86.3 Å². The number of hydrogen-bond acceptors (Lipinski definition) is 15. The largest absolute Gasteiger partial charge is 0.337 e. The molecule has 5 unspecified atom stereocenters. The smallest absolute Gasteiger partial charge is 0.253 e. The standard InChI is InChI=1S/2C25H30N4O.C24H28N4O.C24H30N4O.C23H28N4O/c1-18-26-23-10-3-4-11-24(23)29(18)21-14-12-19(13-15-21)25(30)27(2)22-9-6-16-28(17-22)20-7-5-8-20;1-27(22-9-6-16-28(17-22)20-7-2-3-8-20)25(30)19-12-14-21(15-13-19)29-18-26-23-10-4-5-11-24(23)29;1-26(21-8-5-15-27(16-21)19-6-4-7-19)24(29)18-11-13-20(14-12-18)28-17-25-22-9-2-3-10-23(22)28;1-17(2)27-15-7-8-21(16-27)26(4)24(29)19-11-13-20(14-12-19)28-18(3)25-22-9-5-6-10-23(22)28;1-17(2)26-14-6-7-20(15-26)25(3)23(28)18-10-12-19(13-11-18)27-16-24-21-8-4-5-9-22(21)27/h3-4,10-15,20,22H,5-9,16-17H2,1-2H3;4-5,10-15,18,20,22H,2-3,6-9,16-17H2,1H3;2-3,9-14,17,19,21H,4-8,15-16H2,1H3;5-6,9-14,17,21H,7-8,15-16H2,1-4H3;4-5,8-13,16-17,20H,6-7,14-15H2,1-3H3. The van der Waals surface area contributed by atoms with E-state index in [1.165, 1.54) is 103 Å². The van der Waals surface area contributed by atoms with Gasteiger partial charge in [-0.3, -0.25) is 71.3 Å². The van der Waals surface area contributed by atoms with Crippen LogP contribution >= 0.6 is 0 Å². The Bertz CT molecular complexity index is 6970. The van der Waals surface area contributed by atoms with Crippen LogP contribution in [-0.4, -0.2) is 287 Å². The first-order valence-electron chi connectivity index (χ1n) is 53.8. The lowest BCUT2D eigenvalue weighted by Crippen LogP contribution is -2.53. The van der Waals surface area contributed by atoms with E-state index in [0.717, 1.165) is 232 Å². The number of imidazole rings is 5. The lowest BCUT2D eigenvalue weighted by Gasteiger charge is -2.44. The molecule has 23 rings (SSSR count). The zero-order chi connectivity index (χ0) is 101. The van der Waals surface area contributed by atoms with E-state index in [2.05, 4.69) is 130 Å². The second-order valence-electron chi connectivity index (χ2n) is 42.3. The molecule has 10 aromatic carbocycles. The number of piperidine rings is 5. The summed E-state index contributed by atoms with van der Waals surface area (Å²) in [6, 6.07) is 84.8. The molecule has 15 aromatic rings. The van der Waals surface area contributed by atoms with Crippen LogP contribution in [0.4, 0.5) is 0 Å². The number of nitrogens with zero attached hydrogens (tertiary/aromatic N) is 20. The number of fused-ring (bicyclic) bond motifs is 5. The summed E-state index contributed by atoms with van der Waals surface area (Å²) in [5, 5.41) is 0. The third kappa shape index (κ3) is 22.6. The van der Waals surface area contributed by atoms with Gasteiger partial charge in [-0.25, -0.2) is 24.9 Å². The summed E-state index contributed by atoms with van der Waals surface area (Å²) in [6.45, 7) is 23.7. The first kappa shape index (κ1) is 101. The topological polar surface area (TPSA) is 207 Å². The van der Waals surface area contributed by atoms with Gasteiger partial charge < -0.3 is 24.5 Å². The molecule has 760 valence electrons. The molecular weight excluding hydrogens is 1810 g/mol. The highest BCUT2D eigenvalue weighted by molar-refractivity contribution is 5.98. The van der Waals surface area contributed by atoms with Crippen LogP contribution < -0.4 is 0 Å². The molecule has 10 heterocycles. The molecule has 0 spiro atoms. The number of rotatable bonds is 20. The summed E-state index contributed by atoms with van der Waals surface area (Å²) in [5.41, 5.74) is 19.1. The van der Waals surface area contributed by atoms with Crippen molar-refractivity contribution in [1.82, 2.24) is 96.8 Å². The molecule has 3 saturated carbocycles. The Morgan fingerprint density at radius 3 is 0.753 bits per heavy atom. The van der Waals surface area contributed by atoms with Gasteiger partial charge in [-0.05, 0) is 359 Å². The molecule has 25 nitrogen and oxygen atoms in total. The minimum Gasteiger partial charge on any atom is -0.337 e. The van der Waals surface area contributed by atoms with Crippen molar-refractivity contribution in [3.63, 3.8) is 0 Å². The van der Waals surface area contributed by atoms with Crippen LogP contribution in [0, 0.1) is 13.8 Å². The Morgan fingerprint density at radius 1 is 0.260 bits per heavy atom. The van der Waals surface area contributed by atoms with Gasteiger partial charge in [0.25, 0.3) is 29.5 Å². The van der Waals surface area contributed by atoms with Gasteiger partial charge in [-0.2, -0.15) is 0 Å². The van der Waals surface area contributed by atoms with Crippen molar-refractivity contribution >= 4 is 84.7 Å². The normalized spacial score (nSPS) is 19.4. The third-order valence-electron chi connectivity index (χ3n) is 32.7. The third-order valence-corrected chi connectivity index (χ3v) is 32.7. The Hall–Kier alpha value is -13.3. The number of amides is 5. The fourth-order valence-electron chi connectivity index (χ4n) is 23.3. The van der Waals surface area contributed by atoms with Crippen molar-refractivity contribution in [1.29, 1.82) is 0 Å². The molecule has 0 radical (unpaired) electrons. The maximum atomic E-state index is 13.2. The van der Waals surface area contributed by atoms with Gasteiger partial charge in [0.05, 0.1) is 55.2 Å². The van der Waals surface area contributed by atoms with Gasteiger partial charge in [0.2, 0.25) is 0 Å². The second-order valence-corrected chi connectivity index (χ2v) is 42.3. The summed E-state index contributed by atoms with van der Waals surface area (Å²) in [6.07, 6.45) is 30.2. The van der Waals surface area contributed by atoms with Crippen LogP contribution in [0.1, 0.15) is 220 Å². The van der Waals surface area contributed by atoms with E-state index in [9.17, 15) is 24.0 Å². The molecule has 0 bridgehead atoms. The van der Waals surface area contributed by atoms with Crippen molar-refractivity contribution in [3.8, 4) is 28.4 Å². The minimum atomic E-state index is 0.0950. The van der Waals surface area contributed by atoms with Gasteiger partial charge in [0, 0.05) is 185 Å². The summed E-state index contributed by atoms with van der Waals surface area (Å²) in [5.74, 6) is 2.44. The molecule has 25 heteroatoms. The minimum absolute atomic E-state index is 0.0950. The number of likely N-dealkylation sites (tertiary alicyclic amines) is 5. The van der Waals surface area contributed by atoms with E-state index in [1.54, 1.807) is 0 Å². The Balaban J connectivity index is 0.000000115. The van der Waals surface area contributed by atoms with Crippen LogP contribution in [0.3, 0.4) is 0 Å². The maximum Gasteiger partial charge on any atom is 0.253 e. The van der Waals surface area contributed by atoms with E-state index in [1.807, 2.05) is 305 Å². The van der Waals surface area contributed by atoms with Crippen molar-refractivity contribution < 1.29 is 24.0 Å². The Morgan fingerprint density at radius 2 is 0.493 bits per heavy atom. The molecular formula is C121H146N20O5. The summed E-state index contributed by atoms with van der Waals surface area (Å²) < 4.78 is 10.5. The molecule has 146 heavy (non-hydrogen) atoms. The number of carbonyl (C=O) groups is 5. The number of likely N-dealkylation sites (N-methyl/N-ethyl adjacent to an activating group) is 5. The molecule has 5 aromatic heterocycles. The van der Waals surface area contributed by atoms with Crippen LogP contribution in [0.15, 0.2) is 262 Å². The molecule has 0 N–H and O–H groups in total. The van der Waals surface area contributed by atoms with E-state index >= 15 is 0 Å². The number of benzene rings is 10. The molecule has 8 fully saturated rings. The molecule has 5 atom stereocenters. The van der Waals surface area contributed by atoms with Crippen LogP contribution in [0.2, 0.25) is 0 Å². The van der Waals surface area contributed by atoms with Crippen molar-refractivity contribution in [2.45, 2.75) is 230 Å². The fraction of sp³-hybridized carbons (Fsp3) is 0.421. The van der Waals surface area contributed by atoms with Crippen molar-refractivity contribution in [2.75, 3.05) is 101 Å². The number of aryl methyl sites for hydroxylation is 2. The highest BCUT2D eigenvalue weighted by Crippen LogP contribution is 2.36. The van der Waals surface area contributed by atoms with Gasteiger partial charge in [-0.15, -0.1) is 0 Å². The Kier molecular flexibility index (Phi) is 32.1. The molecule has 8 aliphatic rings. The molecule has 3 aliphatic carbocycles. The lowest BCUT2D eigenvalue weighted by molar-refractivity contribution is 0.0421. The zero-order valence-corrected chi connectivity index (χ0v) is 87.3. The van der Waals surface area contributed by atoms with E-state index in [4.69, 9.17) is 0 Å². The van der Waals surface area contributed by atoms with Crippen LogP contribution in [0.5, 0.6) is 0 Å². The zero-order valence-electron chi connectivity index (χ0n) is 87.3. The van der Waals surface area contributed by atoms with E-state index in [-0.39, 0.29) is 41.6 Å². The number of para-hydroxylation sites is 10. The average molecular weight is 1960 g/mol. The average Bonchev–Trinajstić information content (AvgIpc) is 1.65. The highest BCUT2D eigenvalue weighted by Gasteiger charge is 2.38. The summed E-state index contributed by atoms with van der Waals surface area (Å²) >= 11 is 0. The first-order valence-corrected chi connectivity index (χ1v) is 53.8.